The number of nitrogens with two attached hydrogens (primary N) is 1. The van der Waals surface area contributed by atoms with Gasteiger partial charge in [0.15, 0.2) is 0 Å². The molecule has 4 aliphatic carbocycles. The molecule has 4 aliphatic rings. The van der Waals surface area contributed by atoms with Crippen molar-refractivity contribution in [1.29, 1.82) is 0 Å². The number of nitrogen functional groups attached to an aromatic ring is 1. The standard InChI is InChI=1S/C15H23N3/c1-9-13(16)18(2)14(17-9)15-6-10-3-11(7-15)5-12(4-10)8-15/h10-12H,3-8,16H2,1-2H3. The zero-order chi connectivity index (χ0) is 12.5. The van der Waals surface area contributed by atoms with Crippen molar-refractivity contribution in [3.63, 3.8) is 0 Å². The summed E-state index contributed by atoms with van der Waals surface area (Å²) in [6, 6.07) is 0. The van der Waals surface area contributed by atoms with Crippen LogP contribution in [0.2, 0.25) is 0 Å². The molecule has 0 amide bonds. The Bertz CT molecular complexity index is 465. The number of anilines is 1. The number of aryl methyl sites for hydroxylation is 1. The molecule has 0 saturated heterocycles. The molecule has 5 rings (SSSR count). The Morgan fingerprint density at radius 2 is 1.61 bits per heavy atom. The third-order valence-corrected chi connectivity index (χ3v) is 5.84. The maximum atomic E-state index is 6.12. The van der Waals surface area contributed by atoms with Crippen molar-refractivity contribution < 1.29 is 0 Å². The predicted molar refractivity (Wildman–Crippen MR) is 72.2 cm³/mol. The van der Waals surface area contributed by atoms with E-state index < -0.39 is 0 Å². The molecule has 1 aromatic rings. The number of hydrogen-bond acceptors (Lipinski definition) is 2. The minimum absolute atomic E-state index is 0.367. The van der Waals surface area contributed by atoms with Gasteiger partial charge in [0.05, 0.1) is 5.69 Å². The third kappa shape index (κ3) is 1.28. The van der Waals surface area contributed by atoms with Crippen LogP contribution in [0.5, 0.6) is 0 Å². The van der Waals surface area contributed by atoms with Gasteiger partial charge in [0.1, 0.15) is 11.6 Å². The van der Waals surface area contributed by atoms with E-state index in [1.165, 1.54) is 44.3 Å². The fraction of sp³-hybridized carbons (Fsp3) is 0.800. The highest BCUT2D eigenvalue weighted by Gasteiger charge is 2.53. The zero-order valence-electron chi connectivity index (χ0n) is 11.4. The first-order valence-corrected chi connectivity index (χ1v) is 7.37. The van der Waals surface area contributed by atoms with Gasteiger partial charge in [-0.05, 0) is 63.2 Å². The third-order valence-electron chi connectivity index (χ3n) is 5.84. The van der Waals surface area contributed by atoms with Crippen LogP contribution in [-0.4, -0.2) is 9.55 Å². The minimum atomic E-state index is 0.367. The number of hydrogen-bond donors (Lipinski definition) is 1. The Labute approximate surface area is 109 Å². The van der Waals surface area contributed by atoms with Gasteiger partial charge < -0.3 is 10.3 Å². The molecule has 4 saturated carbocycles. The molecule has 18 heavy (non-hydrogen) atoms. The summed E-state index contributed by atoms with van der Waals surface area (Å²) in [4.78, 5) is 4.84. The van der Waals surface area contributed by atoms with Gasteiger partial charge in [0.25, 0.3) is 0 Å². The van der Waals surface area contributed by atoms with Gasteiger partial charge >= 0.3 is 0 Å². The summed E-state index contributed by atoms with van der Waals surface area (Å²) in [5.74, 6) is 5.05. The first-order valence-electron chi connectivity index (χ1n) is 7.37. The Morgan fingerprint density at radius 3 is 2.00 bits per heavy atom. The number of rotatable bonds is 1. The normalized spacial score (nSPS) is 41.6. The smallest absolute Gasteiger partial charge is 0.126 e. The molecular weight excluding hydrogens is 222 g/mol. The maximum Gasteiger partial charge on any atom is 0.126 e. The van der Waals surface area contributed by atoms with E-state index in [1.54, 1.807) is 0 Å². The highest BCUT2D eigenvalue weighted by molar-refractivity contribution is 5.39. The van der Waals surface area contributed by atoms with Gasteiger partial charge in [0.2, 0.25) is 0 Å². The molecule has 0 radical (unpaired) electrons. The molecule has 0 aromatic carbocycles. The fourth-order valence-corrected chi connectivity index (χ4v) is 5.51. The van der Waals surface area contributed by atoms with Crippen LogP contribution in [0.3, 0.4) is 0 Å². The van der Waals surface area contributed by atoms with Gasteiger partial charge in [-0.1, -0.05) is 0 Å². The summed E-state index contributed by atoms with van der Waals surface area (Å²) in [6.45, 7) is 2.04. The van der Waals surface area contributed by atoms with Crippen molar-refractivity contribution in [3.8, 4) is 0 Å². The lowest BCUT2D eigenvalue weighted by Crippen LogP contribution is -2.49. The topological polar surface area (TPSA) is 43.8 Å². The van der Waals surface area contributed by atoms with E-state index in [2.05, 4.69) is 11.6 Å². The van der Waals surface area contributed by atoms with Crippen molar-refractivity contribution in [2.24, 2.45) is 24.8 Å². The van der Waals surface area contributed by atoms with Gasteiger partial charge in [0, 0.05) is 12.5 Å². The lowest BCUT2D eigenvalue weighted by molar-refractivity contribution is -0.0105. The SMILES string of the molecule is Cc1nc(C23CC4CC(CC(C4)C2)C3)n(C)c1N. The van der Waals surface area contributed by atoms with E-state index in [0.29, 0.717) is 5.41 Å². The molecule has 3 heteroatoms. The first-order chi connectivity index (χ1) is 8.57. The van der Waals surface area contributed by atoms with Crippen LogP contribution in [0.1, 0.15) is 50.0 Å². The van der Waals surface area contributed by atoms with Crippen molar-refractivity contribution >= 4 is 5.82 Å². The molecule has 98 valence electrons. The lowest BCUT2D eigenvalue weighted by atomic mass is 9.49. The van der Waals surface area contributed by atoms with Gasteiger partial charge in [-0.3, -0.25) is 0 Å². The molecule has 3 nitrogen and oxygen atoms in total. The molecule has 0 aliphatic heterocycles. The molecule has 1 heterocycles. The van der Waals surface area contributed by atoms with Gasteiger partial charge in [-0.2, -0.15) is 0 Å². The largest absolute Gasteiger partial charge is 0.384 e. The highest BCUT2D eigenvalue weighted by Crippen LogP contribution is 2.60. The Balaban J connectivity index is 1.81. The lowest BCUT2D eigenvalue weighted by Gasteiger charge is -2.56. The Kier molecular flexibility index (Phi) is 2.00. The second-order valence-electron chi connectivity index (χ2n) is 7.16. The zero-order valence-corrected chi connectivity index (χ0v) is 11.4. The van der Waals surface area contributed by atoms with Crippen LogP contribution >= 0.6 is 0 Å². The van der Waals surface area contributed by atoms with Crippen LogP contribution in [0, 0.1) is 24.7 Å². The van der Waals surface area contributed by atoms with E-state index in [4.69, 9.17) is 10.7 Å². The van der Waals surface area contributed by atoms with Crippen LogP contribution in [0.15, 0.2) is 0 Å². The summed E-state index contributed by atoms with van der Waals surface area (Å²) in [5, 5.41) is 0. The predicted octanol–water partition coefficient (Wildman–Crippen LogP) is 2.78. The number of aromatic nitrogens is 2. The van der Waals surface area contributed by atoms with E-state index in [1.807, 2.05) is 6.92 Å². The summed E-state index contributed by atoms with van der Waals surface area (Å²) in [7, 11) is 2.10. The second-order valence-corrected chi connectivity index (χ2v) is 7.16. The fourth-order valence-electron chi connectivity index (χ4n) is 5.51. The van der Waals surface area contributed by atoms with E-state index >= 15 is 0 Å². The number of imidazole rings is 1. The first kappa shape index (κ1) is 10.9. The summed E-state index contributed by atoms with van der Waals surface area (Å²) < 4.78 is 2.17. The molecule has 4 bridgehead atoms. The quantitative estimate of drug-likeness (QED) is 0.826. The van der Waals surface area contributed by atoms with Crippen molar-refractivity contribution in [2.75, 3.05) is 5.73 Å². The minimum Gasteiger partial charge on any atom is -0.384 e. The van der Waals surface area contributed by atoms with E-state index in [0.717, 1.165) is 29.3 Å². The molecule has 0 spiro atoms. The van der Waals surface area contributed by atoms with E-state index in [9.17, 15) is 0 Å². The average molecular weight is 245 g/mol. The van der Waals surface area contributed by atoms with Gasteiger partial charge in [-0.15, -0.1) is 0 Å². The number of nitrogens with zero attached hydrogens (tertiary/aromatic N) is 2. The Hall–Kier alpha value is -0.990. The van der Waals surface area contributed by atoms with Crippen molar-refractivity contribution in [1.82, 2.24) is 9.55 Å². The summed E-state index contributed by atoms with van der Waals surface area (Å²) >= 11 is 0. The molecular formula is C15H23N3. The summed E-state index contributed by atoms with van der Waals surface area (Å²) in [5.41, 5.74) is 7.51. The average Bonchev–Trinajstić information content (AvgIpc) is 2.56. The van der Waals surface area contributed by atoms with Crippen LogP contribution in [0.4, 0.5) is 5.82 Å². The van der Waals surface area contributed by atoms with Crippen LogP contribution < -0.4 is 5.73 Å². The van der Waals surface area contributed by atoms with Crippen LogP contribution in [0.25, 0.3) is 0 Å². The van der Waals surface area contributed by atoms with Crippen LogP contribution in [-0.2, 0) is 12.5 Å². The summed E-state index contributed by atoms with van der Waals surface area (Å²) in [6.07, 6.45) is 8.54. The van der Waals surface area contributed by atoms with Gasteiger partial charge in [-0.25, -0.2) is 4.98 Å². The molecule has 0 unspecified atom stereocenters. The molecule has 1 aromatic heterocycles. The maximum absolute atomic E-state index is 6.12. The monoisotopic (exact) mass is 245 g/mol. The molecule has 4 fully saturated rings. The Morgan fingerprint density at radius 1 is 1.11 bits per heavy atom. The highest BCUT2D eigenvalue weighted by atomic mass is 15.1. The molecule has 0 atom stereocenters. The second kappa shape index (κ2) is 3.31. The van der Waals surface area contributed by atoms with Crippen molar-refractivity contribution in [2.45, 2.75) is 50.9 Å². The van der Waals surface area contributed by atoms with E-state index in [-0.39, 0.29) is 0 Å². The molecule has 2 N–H and O–H groups in total. The van der Waals surface area contributed by atoms with Crippen molar-refractivity contribution in [3.05, 3.63) is 11.5 Å².